The van der Waals surface area contributed by atoms with E-state index in [1.807, 2.05) is 53.7 Å². The zero-order valence-electron chi connectivity index (χ0n) is 38.5. The predicted molar refractivity (Wildman–Crippen MR) is 240 cm³/mol. The Morgan fingerprint density at radius 3 is 1.97 bits per heavy atom. The van der Waals surface area contributed by atoms with E-state index >= 15 is 0 Å². The first-order valence-electron chi connectivity index (χ1n) is 23.2. The molecule has 3 aliphatic carbocycles. The predicted octanol–water partition coefficient (Wildman–Crippen LogP) is 8.81. The van der Waals surface area contributed by atoms with Gasteiger partial charge in [0.1, 0.15) is 18.0 Å². The summed E-state index contributed by atoms with van der Waals surface area (Å²) in [7, 11) is 0. The quantitative estimate of drug-likeness (QED) is 0.0753. The molecule has 4 fully saturated rings. The van der Waals surface area contributed by atoms with E-state index in [-0.39, 0.29) is 43.5 Å². The lowest BCUT2D eigenvalue weighted by atomic mass is 9.37. The van der Waals surface area contributed by atoms with E-state index in [4.69, 9.17) is 14.2 Å². The summed E-state index contributed by atoms with van der Waals surface area (Å²) in [5.74, 6) is -8.21. The number of ketones is 2. The molecule has 62 heavy (non-hydrogen) atoms. The van der Waals surface area contributed by atoms with Gasteiger partial charge < -0.3 is 29.5 Å². The molecule has 342 valence electrons. The molecule has 0 amide bonds. The van der Waals surface area contributed by atoms with Crippen LogP contribution in [0.5, 0.6) is 0 Å². The second-order valence-electron chi connectivity index (χ2n) is 19.4. The molecule has 5 rings (SSSR count). The summed E-state index contributed by atoms with van der Waals surface area (Å²) >= 11 is 0. The number of hydrogen-bond acceptors (Lipinski definition) is 10. The van der Waals surface area contributed by atoms with Gasteiger partial charge in [-0.3, -0.25) is 19.2 Å². The Morgan fingerprint density at radius 1 is 0.903 bits per heavy atom. The summed E-state index contributed by atoms with van der Waals surface area (Å²) in [5, 5.41) is 36.0. The molecular formula is C52H74O10. The second kappa shape index (κ2) is 20.9. The van der Waals surface area contributed by atoms with Crippen LogP contribution in [0.4, 0.5) is 0 Å². The van der Waals surface area contributed by atoms with Crippen molar-refractivity contribution in [1.82, 2.24) is 0 Å². The molecular weight excluding hydrogens is 785 g/mol. The highest BCUT2D eigenvalue weighted by Crippen LogP contribution is 2.74. The fourth-order valence-electron chi connectivity index (χ4n) is 11.9. The van der Waals surface area contributed by atoms with Crippen molar-refractivity contribution in [3.05, 3.63) is 84.6 Å². The van der Waals surface area contributed by atoms with Crippen LogP contribution in [0.2, 0.25) is 0 Å². The van der Waals surface area contributed by atoms with E-state index in [0.717, 1.165) is 32.1 Å². The molecule has 2 aliphatic heterocycles. The van der Waals surface area contributed by atoms with Gasteiger partial charge in [-0.1, -0.05) is 127 Å². The summed E-state index contributed by atoms with van der Waals surface area (Å²) in [6.07, 6.45) is 29.2. The molecule has 2 saturated heterocycles. The van der Waals surface area contributed by atoms with Crippen LogP contribution >= 0.6 is 0 Å². The van der Waals surface area contributed by atoms with Crippen molar-refractivity contribution in [2.45, 2.75) is 156 Å². The van der Waals surface area contributed by atoms with Crippen molar-refractivity contribution in [3.8, 4) is 0 Å². The first-order chi connectivity index (χ1) is 29.4. The lowest BCUT2D eigenvalue weighted by Gasteiger charge is -2.68. The number of rotatable bonds is 21. The van der Waals surface area contributed by atoms with E-state index in [9.17, 15) is 34.5 Å². The number of hydrogen-bond donors (Lipinski definition) is 3. The van der Waals surface area contributed by atoms with Gasteiger partial charge in [-0.25, -0.2) is 0 Å². The van der Waals surface area contributed by atoms with Crippen molar-refractivity contribution >= 4 is 23.5 Å². The molecule has 1 spiro atoms. The fraction of sp³-hybridized carbons (Fsp3) is 0.654. The Kier molecular flexibility index (Phi) is 16.6. The highest BCUT2D eigenvalue weighted by atomic mass is 16.7. The number of Topliss-reactive ketones (excluding diaryl/α,β-unsaturated/α-hetero) is 1. The van der Waals surface area contributed by atoms with Gasteiger partial charge in [-0.2, -0.15) is 0 Å². The van der Waals surface area contributed by atoms with Crippen LogP contribution in [0.15, 0.2) is 84.6 Å². The van der Waals surface area contributed by atoms with Crippen LogP contribution < -0.4 is 0 Å². The average molecular weight is 859 g/mol. The first-order valence-corrected chi connectivity index (χ1v) is 23.2. The number of allylic oxidation sites excluding steroid dienone is 13. The number of aliphatic hydroxyl groups excluding tert-OH is 1. The van der Waals surface area contributed by atoms with Crippen molar-refractivity contribution < 1.29 is 48.7 Å². The van der Waals surface area contributed by atoms with E-state index in [2.05, 4.69) is 67.7 Å². The normalized spacial score (nSPS) is 34.7. The summed E-state index contributed by atoms with van der Waals surface area (Å²) < 4.78 is 18.7. The van der Waals surface area contributed by atoms with Gasteiger partial charge in [-0.15, -0.1) is 0 Å². The summed E-state index contributed by atoms with van der Waals surface area (Å²) in [4.78, 5) is 55.5. The molecule has 5 aliphatic rings. The maximum absolute atomic E-state index is 14.0. The minimum absolute atomic E-state index is 0.0395. The van der Waals surface area contributed by atoms with Gasteiger partial charge in [0.05, 0.1) is 18.1 Å². The SMILES string of the molecule is CC/C=C\C/C=C\C/C=C\C/C=C\C/C=C\C/C=C\CCC(=O)O[C@@H]1C(=O)C=C(C)[C@@H]2C[C@H]3OC(=O)C(CC(=O)CC(O)(C(C)C)C(C)C)C4[C@@H](C)[C@@H](O)[C@@]5(O)OC[C@@]43C5[C@@]12C. The minimum atomic E-state index is -2.15. The number of carbonyl (C=O) groups is 4. The number of ether oxygens (including phenoxy) is 3. The van der Waals surface area contributed by atoms with Crippen molar-refractivity contribution in [1.29, 1.82) is 0 Å². The van der Waals surface area contributed by atoms with Crippen molar-refractivity contribution in [2.75, 3.05) is 6.61 Å². The highest BCUT2D eigenvalue weighted by molar-refractivity contribution is 5.97. The van der Waals surface area contributed by atoms with Crippen LogP contribution in [0.3, 0.4) is 0 Å². The van der Waals surface area contributed by atoms with Crippen LogP contribution in [-0.4, -0.2) is 75.1 Å². The smallest absolute Gasteiger partial charge is 0.309 e. The topological polar surface area (TPSA) is 157 Å². The molecule has 2 saturated carbocycles. The van der Waals surface area contributed by atoms with Gasteiger partial charge in [0.25, 0.3) is 0 Å². The summed E-state index contributed by atoms with van der Waals surface area (Å²) in [5.41, 5.74) is -2.93. The lowest BCUT2D eigenvalue weighted by molar-refractivity contribution is -0.337. The number of fused-ring (bicyclic) bond motifs is 1. The van der Waals surface area contributed by atoms with Crippen LogP contribution in [0.25, 0.3) is 0 Å². The van der Waals surface area contributed by atoms with Gasteiger partial charge >= 0.3 is 11.9 Å². The van der Waals surface area contributed by atoms with Gasteiger partial charge in [0, 0.05) is 36.0 Å². The Hall–Kier alpha value is -3.70. The van der Waals surface area contributed by atoms with Crippen molar-refractivity contribution in [3.63, 3.8) is 0 Å². The third-order valence-electron chi connectivity index (χ3n) is 15.1. The molecule has 0 radical (unpaired) electrons. The van der Waals surface area contributed by atoms with Crippen molar-refractivity contribution in [2.24, 2.45) is 52.3 Å². The molecule has 10 heteroatoms. The number of aliphatic hydroxyl groups is 3. The largest absolute Gasteiger partial charge is 0.461 e. The third kappa shape index (κ3) is 9.69. The summed E-state index contributed by atoms with van der Waals surface area (Å²) in [6.45, 7) is 14.9. The molecule has 3 N–H and O–H groups in total. The maximum Gasteiger partial charge on any atom is 0.309 e. The molecule has 10 nitrogen and oxygen atoms in total. The lowest BCUT2D eigenvalue weighted by Crippen LogP contribution is -2.77. The van der Waals surface area contributed by atoms with E-state index in [0.29, 0.717) is 24.8 Å². The zero-order chi connectivity index (χ0) is 45.5. The zero-order valence-corrected chi connectivity index (χ0v) is 38.5. The monoisotopic (exact) mass is 859 g/mol. The van der Waals surface area contributed by atoms with Crippen LogP contribution in [0.1, 0.15) is 126 Å². The highest BCUT2D eigenvalue weighted by Gasteiger charge is 2.83. The van der Waals surface area contributed by atoms with E-state index in [1.165, 1.54) is 6.08 Å². The summed E-state index contributed by atoms with van der Waals surface area (Å²) in [6, 6.07) is 0. The van der Waals surface area contributed by atoms with Crippen LogP contribution in [0, 0.1) is 52.3 Å². The second-order valence-corrected chi connectivity index (χ2v) is 19.4. The number of esters is 2. The maximum atomic E-state index is 14.0. The standard InChI is InChI=1S/C52H74O10/c1-9-10-11-12-13-14-15-16-17-18-19-20-21-22-23-24-25-26-27-28-43(55)62-46-41(54)29-36(6)40-31-42-50-33-60-52(59,48(50)49(40,46)8)45(56)37(7)44(50)39(47(57)61-42)30-38(53)32-51(58,34(2)3)35(4)5/h10-11,13-14,16-17,19-20,22-23,25-26,29,34-35,37,39-40,42,44-46,48,56,58-59H,9,12,15,18,21,24,27-28,30-33H2,1-8H3/b11-10-,14-13-,17-16-,20-19-,23-22-,26-25-/t37-,39?,40+,42-,44?,45-,46-,48?,49-,50+,52-/m1/s1. The molecule has 11 atom stereocenters. The minimum Gasteiger partial charge on any atom is -0.461 e. The average Bonchev–Trinajstić information content (AvgIpc) is 3.50. The Balaban J connectivity index is 1.24. The molecule has 0 aromatic carbocycles. The molecule has 3 unspecified atom stereocenters. The van der Waals surface area contributed by atoms with Gasteiger partial charge in [0.15, 0.2) is 17.7 Å². The molecule has 0 aromatic rings. The Morgan fingerprint density at radius 2 is 1.44 bits per heavy atom. The fourth-order valence-corrected chi connectivity index (χ4v) is 11.9. The van der Waals surface area contributed by atoms with E-state index < -0.39 is 87.8 Å². The Bertz CT molecular complexity index is 1820. The first kappa shape index (κ1) is 49.3. The number of carbonyl (C=O) groups excluding carboxylic acids is 4. The van der Waals surface area contributed by atoms with Gasteiger partial charge in [0.2, 0.25) is 0 Å². The third-order valence-corrected chi connectivity index (χ3v) is 15.1. The Labute approximate surface area is 370 Å². The molecule has 2 bridgehead atoms. The van der Waals surface area contributed by atoms with Crippen LogP contribution in [-0.2, 0) is 33.4 Å². The van der Waals surface area contributed by atoms with E-state index in [1.54, 1.807) is 6.92 Å². The molecule has 0 aromatic heterocycles. The van der Waals surface area contributed by atoms with Gasteiger partial charge in [-0.05, 0) is 94.0 Å². The molecule has 2 heterocycles.